The predicted molar refractivity (Wildman–Crippen MR) is 175 cm³/mol. The third-order valence-electron chi connectivity index (χ3n) is 9.12. The highest BCUT2D eigenvalue weighted by atomic mass is 19.1. The van der Waals surface area contributed by atoms with Crippen molar-refractivity contribution in [3.05, 3.63) is 84.6 Å². The van der Waals surface area contributed by atoms with Crippen molar-refractivity contribution in [2.24, 2.45) is 0 Å². The monoisotopic (exact) mass is 601 g/mol. The Morgan fingerprint density at radius 2 is 1.58 bits per heavy atom. The molecule has 0 amide bonds. The van der Waals surface area contributed by atoms with Crippen molar-refractivity contribution in [2.45, 2.75) is 32.2 Å². The quantitative estimate of drug-likeness (QED) is 0.185. The third-order valence-corrected chi connectivity index (χ3v) is 9.12. The maximum atomic E-state index is 14.8. The molecule has 6 aromatic rings. The Labute approximate surface area is 261 Å². The van der Waals surface area contributed by atoms with Crippen molar-refractivity contribution in [1.82, 2.24) is 34.9 Å². The zero-order chi connectivity index (χ0) is 30.2. The van der Waals surface area contributed by atoms with Crippen LogP contribution in [0.5, 0.6) is 5.75 Å². The Morgan fingerprint density at radius 1 is 0.756 bits per heavy atom. The number of halogens is 1. The van der Waals surface area contributed by atoms with Crippen LogP contribution in [-0.2, 0) is 6.54 Å². The van der Waals surface area contributed by atoms with Crippen molar-refractivity contribution in [3.63, 3.8) is 0 Å². The van der Waals surface area contributed by atoms with Crippen molar-refractivity contribution >= 4 is 21.8 Å². The fourth-order valence-corrected chi connectivity index (χ4v) is 6.82. The van der Waals surface area contributed by atoms with Gasteiger partial charge in [-0.15, -0.1) is 0 Å². The molecule has 0 atom stereocenters. The molecule has 0 aliphatic carbocycles. The number of hydrogen-bond donors (Lipinski definition) is 2. The summed E-state index contributed by atoms with van der Waals surface area (Å²) in [5.74, 6) is 0.173. The molecule has 8 nitrogen and oxygen atoms in total. The lowest BCUT2D eigenvalue weighted by atomic mass is 10.0. The van der Waals surface area contributed by atoms with Crippen molar-refractivity contribution in [1.29, 1.82) is 0 Å². The average Bonchev–Trinajstić information content (AvgIpc) is 3.88. The maximum Gasteiger partial charge on any atom is 0.127 e. The lowest BCUT2D eigenvalue weighted by molar-refractivity contribution is 0.237. The normalized spacial score (nSPS) is 15.9. The molecule has 0 spiro atoms. The standard InChI is InChI=1S/C36H36FN7O/c37-28-16-26(17-29(19-28)45-14-13-43-9-1-2-10-43)35-31-20-34(40-32(31)7-8-39-35)36-30-18-25(5-6-33(30)41-42-36)27-15-24(21-38-22-27)23-44-11-3-4-12-44/h5-8,15-22,40H,1-4,9-14,23H2,(H,41,42). The predicted octanol–water partition coefficient (Wildman–Crippen LogP) is 7.04. The molecule has 2 aliphatic rings. The van der Waals surface area contributed by atoms with Gasteiger partial charge in [-0.05, 0) is 105 Å². The number of aromatic nitrogens is 5. The second-order valence-electron chi connectivity index (χ2n) is 12.3. The molecule has 8 rings (SSSR count). The minimum atomic E-state index is -0.344. The van der Waals surface area contributed by atoms with Gasteiger partial charge in [-0.25, -0.2) is 4.39 Å². The fraction of sp³-hybridized carbons (Fsp3) is 0.306. The van der Waals surface area contributed by atoms with Crippen LogP contribution in [0.15, 0.2) is 73.2 Å². The Morgan fingerprint density at radius 3 is 2.44 bits per heavy atom. The summed E-state index contributed by atoms with van der Waals surface area (Å²) in [7, 11) is 0. The summed E-state index contributed by atoms with van der Waals surface area (Å²) in [5.41, 5.74) is 8.33. The Hall–Kier alpha value is -4.60. The number of fused-ring (bicyclic) bond motifs is 2. The number of nitrogens with zero attached hydrogens (tertiary/aromatic N) is 5. The summed E-state index contributed by atoms with van der Waals surface area (Å²) in [5, 5.41) is 9.80. The number of rotatable bonds is 9. The van der Waals surface area contributed by atoms with Gasteiger partial charge < -0.3 is 9.72 Å². The molecule has 0 bridgehead atoms. The van der Waals surface area contributed by atoms with Crippen LogP contribution in [0.1, 0.15) is 31.2 Å². The summed E-state index contributed by atoms with van der Waals surface area (Å²) < 4.78 is 20.8. The summed E-state index contributed by atoms with van der Waals surface area (Å²) in [6.45, 7) is 6.84. The van der Waals surface area contributed by atoms with Crippen LogP contribution in [0.2, 0.25) is 0 Å². The van der Waals surface area contributed by atoms with Gasteiger partial charge in [0.1, 0.15) is 23.9 Å². The minimum absolute atomic E-state index is 0.344. The molecule has 2 N–H and O–H groups in total. The van der Waals surface area contributed by atoms with Crippen molar-refractivity contribution in [2.75, 3.05) is 39.3 Å². The maximum absolute atomic E-state index is 14.8. The fourth-order valence-electron chi connectivity index (χ4n) is 6.82. The first-order valence-corrected chi connectivity index (χ1v) is 16.0. The summed E-state index contributed by atoms with van der Waals surface area (Å²) in [6.07, 6.45) is 10.7. The molecule has 2 aliphatic heterocycles. The molecule has 9 heteroatoms. The smallest absolute Gasteiger partial charge is 0.127 e. The molecule has 0 saturated carbocycles. The van der Waals surface area contributed by atoms with Crippen LogP contribution in [0.4, 0.5) is 4.39 Å². The van der Waals surface area contributed by atoms with Gasteiger partial charge in [-0.3, -0.25) is 24.9 Å². The highest BCUT2D eigenvalue weighted by molar-refractivity contribution is 6.00. The Bertz CT molecular complexity index is 1970. The topological polar surface area (TPSA) is 86.0 Å². The SMILES string of the molecule is Fc1cc(OCCN2CCCC2)cc(-c2nccc3[nH]c(-c4n[nH]c5ccc(-c6cncc(CN7CCCC7)c6)cc45)cc23)c1. The molecule has 0 radical (unpaired) electrons. The number of pyridine rings is 2. The average molecular weight is 602 g/mol. The molecular weight excluding hydrogens is 565 g/mol. The zero-order valence-corrected chi connectivity index (χ0v) is 25.2. The van der Waals surface area contributed by atoms with Gasteiger partial charge in [0.15, 0.2) is 0 Å². The second-order valence-corrected chi connectivity index (χ2v) is 12.3. The number of aromatic amines is 2. The van der Waals surface area contributed by atoms with Crippen LogP contribution in [0, 0.1) is 5.82 Å². The molecule has 4 aromatic heterocycles. The summed E-state index contributed by atoms with van der Waals surface area (Å²) in [6, 6.07) is 17.4. The van der Waals surface area contributed by atoms with Crippen LogP contribution in [-0.4, -0.2) is 74.3 Å². The van der Waals surface area contributed by atoms with Gasteiger partial charge in [-0.1, -0.05) is 6.07 Å². The number of likely N-dealkylation sites (tertiary alicyclic amines) is 2. The molecule has 0 unspecified atom stereocenters. The van der Waals surface area contributed by atoms with Crippen molar-refractivity contribution < 1.29 is 9.13 Å². The zero-order valence-electron chi connectivity index (χ0n) is 25.2. The molecule has 2 fully saturated rings. The number of benzene rings is 2. The minimum Gasteiger partial charge on any atom is -0.492 e. The highest BCUT2D eigenvalue weighted by Crippen LogP contribution is 2.35. The van der Waals surface area contributed by atoms with Crippen LogP contribution >= 0.6 is 0 Å². The first kappa shape index (κ1) is 27.9. The van der Waals surface area contributed by atoms with E-state index in [0.717, 1.165) is 83.6 Å². The lowest BCUT2D eigenvalue weighted by Crippen LogP contribution is -2.25. The molecule has 2 saturated heterocycles. The van der Waals surface area contributed by atoms with Crippen LogP contribution < -0.4 is 4.74 Å². The third kappa shape index (κ3) is 5.81. The van der Waals surface area contributed by atoms with E-state index in [1.807, 2.05) is 24.5 Å². The molecule has 45 heavy (non-hydrogen) atoms. The van der Waals surface area contributed by atoms with E-state index in [9.17, 15) is 4.39 Å². The molecule has 2 aromatic carbocycles. The van der Waals surface area contributed by atoms with Crippen molar-refractivity contribution in [3.8, 4) is 39.5 Å². The van der Waals surface area contributed by atoms with Gasteiger partial charge in [0.05, 0.1) is 16.9 Å². The Kier molecular flexibility index (Phi) is 7.48. The van der Waals surface area contributed by atoms with Gasteiger partial charge in [0.2, 0.25) is 0 Å². The van der Waals surface area contributed by atoms with E-state index in [-0.39, 0.29) is 5.82 Å². The summed E-state index contributed by atoms with van der Waals surface area (Å²) in [4.78, 5) is 17.6. The van der Waals surface area contributed by atoms with Gasteiger partial charge in [0.25, 0.3) is 0 Å². The number of ether oxygens (including phenoxy) is 1. The highest BCUT2D eigenvalue weighted by Gasteiger charge is 2.17. The van der Waals surface area contributed by atoms with Gasteiger partial charge in [-0.2, -0.15) is 5.10 Å². The summed E-state index contributed by atoms with van der Waals surface area (Å²) >= 11 is 0. The first-order chi connectivity index (χ1) is 22.2. The van der Waals surface area contributed by atoms with E-state index in [0.29, 0.717) is 23.6 Å². The number of nitrogens with one attached hydrogen (secondary N) is 2. The molecular formula is C36H36FN7O. The van der Waals surface area contributed by atoms with Gasteiger partial charge >= 0.3 is 0 Å². The number of H-pyrrole nitrogens is 2. The molecule has 6 heterocycles. The lowest BCUT2D eigenvalue weighted by Gasteiger charge is -2.15. The number of hydrogen-bond acceptors (Lipinski definition) is 6. The first-order valence-electron chi connectivity index (χ1n) is 16.0. The van der Waals surface area contributed by atoms with E-state index >= 15 is 0 Å². The van der Waals surface area contributed by atoms with Crippen LogP contribution in [0.25, 0.3) is 55.6 Å². The van der Waals surface area contributed by atoms with Crippen LogP contribution in [0.3, 0.4) is 0 Å². The van der Waals surface area contributed by atoms with E-state index in [2.05, 4.69) is 60.2 Å². The Balaban J connectivity index is 1.09. The second kappa shape index (κ2) is 12.1. The van der Waals surface area contributed by atoms with E-state index in [1.165, 1.54) is 43.4 Å². The largest absolute Gasteiger partial charge is 0.492 e. The van der Waals surface area contributed by atoms with Gasteiger partial charge in [0, 0.05) is 65.2 Å². The van der Waals surface area contributed by atoms with E-state index < -0.39 is 0 Å². The van der Waals surface area contributed by atoms with E-state index in [1.54, 1.807) is 6.20 Å². The van der Waals surface area contributed by atoms with E-state index in [4.69, 9.17) is 9.84 Å². The molecule has 228 valence electrons.